The molecule has 1 aromatic rings. The van der Waals surface area contributed by atoms with Gasteiger partial charge in [-0.05, 0) is 25.0 Å². The third kappa shape index (κ3) is 2.21. The van der Waals surface area contributed by atoms with Crippen molar-refractivity contribution < 1.29 is 39.3 Å². The highest BCUT2D eigenvalue weighted by Gasteiger charge is 2.70. The Hall–Kier alpha value is -2.95. The third-order valence-electron chi connectivity index (χ3n) is 6.91. The van der Waals surface area contributed by atoms with Crippen LogP contribution in [0, 0.1) is 23.7 Å². The largest absolute Gasteiger partial charge is 0.507 e. The predicted octanol–water partition coefficient (Wildman–Crippen LogP) is -2.07. The molecule has 2 unspecified atom stereocenters. The summed E-state index contributed by atoms with van der Waals surface area (Å²) >= 11 is 0. The quantitative estimate of drug-likeness (QED) is 0.319. The first-order valence-corrected chi connectivity index (χ1v) is 9.35. The van der Waals surface area contributed by atoms with Crippen LogP contribution in [0.1, 0.15) is 29.3 Å². The van der Waals surface area contributed by atoms with Crippen LogP contribution in [-0.2, 0) is 24.8 Å². The van der Waals surface area contributed by atoms with Crippen molar-refractivity contribution >= 4 is 29.0 Å². The van der Waals surface area contributed by atoms with Crippen LogP contribution in [0.5, 0.6) is 5.75 Å². The topological polar surface area (TPSA) is 198 Å². The van der Waals surface area contributed by atoms with Crippen molar-refractivity contribution in [2.45, 2.75) is 30.6 Å². The summed E-state index contributed by atoms with van der Waals surface area (Å²) < 4.78 is 0. The van der Waals surface area contributed by atoms with E-state index in [9.17, 15) is 39.3 Å². The van der Waals surface area contributed by atoms with Gasteiger partial charge in [-0.2, -0.15) is 0 Å². The molecule has 4 rings (SSSR count). The number of nitrogens with two attached hydrogens (primary N) is 2. The highest BCUT2D eigenvalue weighted by atomic mass is 16.3. The third-order valence-corrected chi connectivity index (χ3v) is 6.91. The van der Waals surface area contributed by atoms with E-state index in [1.807, 2.05) is 0 Å². The van der Waals surface area contributed by atoms with Crippen molar-refractivity contribution in [2.24, 2.45) is 35.1 Å². The molecule has 3 aliphatic rings. The van der Waals surface area contributed by atoms with Crippen molar-refractivity contribution in [1.82, 2.24) is 0 Å². The molecule has 1 amide bonds. The van der Waals surface area contributed by atoms with Gasteiger partial charge in [0, 0.05) is 11.8 Å². The molecule has 10 nitrogen and oxygen atoms in total. The van der Waals surface area contributed by atoms with Crippen molar-refractivity contribution in [2.75, 3.05) is 0 Å². The number of fused-ring (bicyclic) bond motifs is 3. The van der Waals surface area contributed by atoms with Gasteiger partial charge in [0.2, 0.25) is 5.91 Å². The summed E-state index contributed by atoms with van der Waals surface area (Å²) in [5, 5.41) is 32.6. The fraction of sp³-hybridized carbons (Fsp3) is 0.450. The van der Waals surface area contributed by atoms with E-state index in [0.717, 1.165) is 0 Å². The first kappa shape index (κ1) is 20.3. The fourth-order valence-electron chi connectivity index (χ4n) is 5.33. The van der Waals surface area contributed by atoms with Gasteiger partial charge < -0.3 is 26.8 Å². The lowest BCUT2D eigenvalue weighted by Gasteiger charge is -2.54. The molecule has 7 N–H and O–H groups in total. The second-order valence-corrected chi connectivity index (χ2v) is 8.40. The number of hydrogen-bond acceptors (Lipinski definition) is 9. The number of carbonyl (C=O) groups excluding carboxylic acids is 5. The molecule has 10 heteroatoms. The Bertz CT molecular complexity index is 1050. The minimum atomic E-state index is -2.89. The van der Waals surface area contributed by atoms with Crippen molar-refractivity contribution in [1.29, 1.82) is 0 Å². The standard InChI is InChI=1S/C20H20N2O8/c1-19(29)6-3-2-4-9(23)10(6)14(24)11-7(19)5-8-13(21)15(25)12(18(22)28)17(27)20(8,30)16(11)26/h2-4,7-8,11-13,23,29-30H,5,21H2,1H3,(H2,22,28)/t7-,8-,11?,12?,13-,19+,20-/m0/s1. The van der Waals surface area contributed by atoms with Crippen molar-refractivity contribution in [3.63, 3.8) is 0 Å². The number of Topliss-reactive ketones (excluding diaryl/α,β-unsaturated/α-hetero) is 4. The number of aromatic hydroxyl groups is 1. The Kier molecular flexibility index (Phi) is 4.09. The smallest absolute Gasteiger partial charge is 0.235 e. The molecule has 0 aliphatic heterocycles. The van der Waals surface area contributed by atoms with Crippen LogP contribution >= 0.6 is 0 Å². The van der Waals surface area contributed by atoms with Gasteiger partial charge in [0.15, 0.2) is 34.7 Å². The number of ketones is 4. The molecule has 158 valence electrons. The zero-order valence-corrected chi connectivity index (χ0v) is 15.9. The van der Waals surface area contributed by atoms with E-state index in [0.29, 0.717) is 0 Å². The number of benzene rings is 1. The van der Waals surface area contributed by atoms with Gasteiger partial charge in [0.05, 0.1) is 23.1 Å². The molecule has 7 atom stereocenters. The van der Waals surface area contributed by atoms with Crippen LogP contribution in [0.2, 0.25) is 0 Å². The summed E-state index contributed by atoms with van der Waals surface area (Å²) in [6.07, 6.45) is -0.315. The monoisotopic (exact) mass is 416 g/mol. The molecule has 1 aromatic carbocycles. The minimum absolute atomic E-state index is 0.0871. The zero-order chi connectivity index (χ0) is 22.3. The lowest BCUT2D eigenvalue weighted by atomic mass is 9.50. The van der Waals surface area contributed by atoms with E-state index in [4.69, 9.17) is 11.5 Å². The molecule has 30 heavy (non-hydrogen) atoms. The SMILES string of the molecule is C[C@@]1(O)c2cccc(O)c2C(=O)C2C(=O)[C@]3(O)C(=O)C(C(N)=O)C(=O)[C@@H](N)[C@@H]3C[C@@H]21. The molecule has 3 aliphatic carbocycles. The number of aliphatic hydroxyl groups is 2. The maximum atomic E-state index is 13.4. The molecule has 2 fully saturated rings. The van der Waals surface area contributed by atoms with Crippen molar-refractivity contribution in [3.8, 4) is 5.75 Å². The molecule has 2 saturated carbocycles. The number of amides is 1. The van der Waals surface area contributed by atoms with Gasteiger partial charge in [-0.3, -0.25) is 24.0 Å². The number of rotatable bonds is 1. The van der Waals surface area contributed by atoms with Crippen molar-refractivity contribution in [3.05, 3.63) is 29.3 Å². The molecule has 0 spiro atoms. The number of primary amides is 1. The van der Waals surface area contributed by atoms with E-state index in [1.165, 1.54) is 25.1 Å². The number of phenols is 1. The molecule has 0 saturated heterocycles. The first-order chi connectivity index (χ1) is 13.9. The highest BCUT2D eigenvalue weighted by molar-refractivity contribution is 6.32. The molecule has 0 bridgehead atoms. The van der Waals surface area contributed by atoms with Gasteiger partial charge in [0.25, 0.3) is 0 Å². The normalized spacial score (nSPS) is 40.5. The van der Waals surface area contributed by atoms with Gasteiger partial charge >= 0.3 is 0 Å². The maximum absolute atomic E-state index is 13.4. The molecule has 0 heterocycles. The van der Waals surface area contributed by atoms with E-state index in [-0.39, 0.29) is 17.5 Å². The predicted molar refractivity (Wildman–Crippen MR) is 97.7 cm³/mol. The van der Waals surface area contributed by atoms with Gasteiger partial charge in [-0.15, -0.1) is 0 Å². The number of hydrogen-bond donors (Lipinski definition) is 5. The highest BCUT2D eigenvalue weighted by Crippen LogP contribution is 2.54. The second kappa shape index (κ2) is 6.03. The van der Waals surface area contributed by atoms with Crippen LogP contribution in [-0.4, -0.2) is 56.0 Å². The Balaban J connectivity index is 1.92. The number of carbonyl (C=O) groups is 5. The van der Waals surface area contributed by atoms with Gasteiger partial charge in [-0.1, -0.05) is 12.1 Å². The van der Waals surface area contributed by atoms with E-state index in [2.05, 4.69) is 0 Å². The van der Waals surface area contributed by atoms with Gasteiger partial charge in [-0.25, -0.2) is 0 Å². The van der Waals surface area contributed by atoms with E-state index >= 15 is 0 Å². The maximum Gasteiger partial charge on any atom is 0.235 e. The van der Waals surface area contributed by atoms with Crippen LogP contribution in [0.4, 0.5) is 0 Å². The lowest BCUT2D eigenvalue weighted by Crippen LogP contribution is -2.74. The summed E-state index contributed by atoms with van der Waals surface area (Å²) in [6, 6.07) is 2.48. The number of phenolic OH excluding ortho intramolecular Hbond substituents is 1. The average molecular weight is 416 g/mol. The molecular formula is C20H20N2O8. The molecule has 0 aromatic heterocycles. The van der Waals surface area contributed by atoms with E-state index < -0.39 is 75.7 Å². The summed E-state index contributed by atoms with van der Waals surface area (Å²) in [6.45, 7) is 1.34. The Morgan fingerprint density at radius 1 is 1.10 bits per heavy atom. The fourth-order valence-corrected chi connectivity index (χ4v) is 5.33. The lowest BCUT2D eigenvalue weighted by molar-refractivity contribution is -0.184. The van der Waals surface area contributed by atoms with Gasteiger partial charge in [0.1, 0.15) is 5.75 Å². The second-order valence-electron chi connectivity index (χ2n) is 8.40. The minimum Gasteiger partial charge on any atom is -0.507 e. The van der Waals surface area contributed by atoms with Crippen LogP contribution in [0.15, 0.2) is 18.2 Å². The van der Waals surface area contributed by atoms with Crippen LogP contribution < -0.4 is 11.5 Å². The summed E-state index contributed by atoms with van der Waals surface area (Å²) in [5.74, 6) is -12.7. The Labute approximate surface area is 169 Å². The summed E-state index contributed by atoms with van der Waals surface area (Å²) in [7, 11) is 0. The molecule has 0 radical (unpaired) electrons. The summed E-state index contributed by atoms with van der Waals surface area (Å²) in [4.78, 5) is 63.5. The van der Waals surface area contributed by atoms with E-state index in [1.54, 1.807) is 0 Å². The molecular weight excluding hydrogens is 396 g/mol. The Morgan fingerprint density at radius 2 is 1.73 bits per heavy atom. The average Bonchev–Trinajstić information content (AvgIpc) is 2.66. The van der Waals surface area contributed by atoms with Crippen LogP contribution in [0.3, 0.4) is 0 Å². The zero-order valence-electron chi connectivity index (χ0n) is 15.9. The first-order valence-electron chi connectivity index (χ1n) is 9.35. The Morgan fingerprint density at radius 3 is 2.33 bits per heavy atom. The summed E-state index contributed by atoms with van der Waals surface area (Å²) in [5.41, 5.74) is 6.14. The van der Waals surface area contributed by atoms with Crippen LogP contribution in [0.25, 0.3) is 0 Å².